The molecule has 4 heteroatoms. The number of hydrogen-bond donors (Lipinski definition) is 1. The molecule has 0 aliphatic rings. The van der Waals surface area contributed by atoms with Crippen molar-refractivity contribution in [2.45, 2.75) is 23.1 Å². The van der Waals surface area contributed by atoms with Gasteiger partial charge in [-0.05, 0) is 0 Å². The third-order valence-electron chi connectivity index (χ3n) is 0.954. The Kier molecular flexibility index (Phi) is 11.9. The molecule has 0 spiro atoms. The van der Waals surface area contributed by atoms with Crippen LogP contribution in [0.25, 0.3) is 0 Å². The Balaban J connectivity index is 0. The Bertz CT molecular complexity index is 110. The summed E-state index contributed by atoms with van der Waals surface area (Å²) in [4.78, 5) is 3.68. The van der Waals surface area contributed by atoms with Gasteiger partial charge in [-0.3, -0.25) is 0 Å². The van der Waals surface area contributed by atoms with Crippen LogP contribution in [0.5, 0.6) is 0 Å². The summed E-state index contributed by atoms with van der Waals surface area (Å²) in [6.45, 7) is 0.802. The second kappa shape index (κ2) is 9.23. The summed E-state index contributed by atoms with van der Waals surface area (Å²) in [6, 6.07) is 2.03. The summed E-state index contributed by atoms with van der Waals surface area (Å²) in [5.74, 6) is 0. The van der Waals surface area contributed by atoms with Crippen LogP contribution < -0.4 is 0 Å². The molecule has 0 aliphatic carbocycles. The van der Waals surface area contributed by atoms with Crippen molar-refractivity contribution in [2.75, 3.05) is 6.54 Å². The van der Waals surface area contributed by atoms with Crippen LogP contribution in [0.2, 0.25) is 16.6 Å². The Morgan fingerprint density at radius 1 is 1.50 bits per heavy atom. The van der Waals surface area contributed by atoms with Gasteiger partial charge in [0.05, 0.1) is 0 Å². The van der Waals surface area contributed by atoms with Gasteiger partial charge in [0.25, 0.3) is 0 Å². The largest absolute Gasteiger partial charge is 0.147 e. The molecule has 0 rings (SSSR count). The average molecular weight is 225 g/mol. The number of hydrogen-bond acceptors (Lipinski definition) is 2. The quantitative estimate of drug-likeness (QED) is 0.432. The van der Waals surface area contributed by atoms with Crippen molar-refractivity contribution < 1.29 is 0 Å². The number of aliphatic imine (C=N–C) groups is 1. The van der Waals surface area contributed by atoms with Gasteiger partial charge in [-0.15, -0.1) is 12.4 Å². The molecule has 60 valence electrons. The standard InChI is InChI=1S/C6H13AsN2.ClH/c1-7(2)4-3-5-9-6-8;/h8H,3-5H2,1-2H3;1H. The Labute approximate surface area is 73.3 Å². The molecule has 0 aromatic carbocycles. The minimum atomic E-state index is -0.418. The number of nitrogens with zero attached hydrogens (tertiary/aromatic N) is 1. The van der Waals surface area contributed by atoms with Gasteiger partial charge < -0.3 is 0 Å². The number of rotatable bonds is 4. The molecule has 0 aromatic heterocycles. The minimum Gasteiger partial charge on any atom is -0.147 e. The first-order chi connectivity index (χ1) is 4.27. The van der Waals surface area contributed by atoms with Gasteiger partial charge in [0.1, 0.15) is 0 Å². The van der Waals surface area contributed by atoms with Gasteiger partial charge in [0.2, 0.25) is 0 Å². The number of halogens is 1. The minimum absolute atomic E-state index is 0. The summed E-state index contributed by atoms with van der Waals surface area (Å²) >= 11 is -0.418. The van der Waals surface area contributed by atoms with Crippen molar-refractivity contribution in [2.24, 2.45) is 4.99 Å². The summed E-state index contributed by atoms with van der Waals surface area (Å²) in [6.07, 6.45) is 1.15. The third-order valence-corrected chi connectivity index (χ3v) is 3.49. The van der Waals surface area contributed by atoms with Crippen molar-refractivity contribution in [3.05, 3.63) is 0 Å². The molecule has 0 fully saturated rings. The Hall–Kier alpha value is 0.228. The van der Waals surface area contributed by atoms with E-state index in [9.17, 15) is 0 Å². The summed E-state index contributed by atoms with van der Waals surface area (Å²) in [5, 5.41) is 7.83. The van der Waals surface area contributed by atoms with Crippen LogP contribution >= 0.6 is 12.4 Å². The Morgan fingerprint density at radius 3 is 2.50 bits per heavy atom. The molecular formula is C6H14AsClN2. The zero-order valence-electron chi connectivity index (χ0n) is 6.42. The maximum absolute atomic E-state index is 6.48. The fourth-order valence-corrected chi connectivity index (χ4v) is 2.15. The maximum Gasteiger partial charge on any atom is -0.147 e. The predicted molar refractivity (Wildman–Crippen MR) is 49.2 cm³/mol. The molecule has 0 amide bonds. The molecule has 2 nitrogen and oxygen atoms in total. The van der Waals surface area contributed by atoms with Gasteiger partial charge in [-0.25, -0.2) is 0 Å². The van der Waals surface area contributed by atoms with Gasteiger partial charge in [0, 0.05) is 0 Å². The fourth-order valence-electron chi connectivity index (χ4n) is 0.522. The van der Waals surface area contributed by atoms with Crippen molar-refractivity contribution in [1.82, 2.24) is 0 Å². The van der Waals surface area contributed by atoms with Crippen molar-refractivity contribution in [3.8, 4) is 0 Å². The normalized spacial score (nSPS) is 8.30. The zero-order chi connectivity index (χ0) is 7.11. The first kappa shape index (κ1) is 12.9. The molecule has 0 heterocycles. The van der Waals surface area contributed by atoms with Crippen LogP contribution in [-0.4, -0.2) is 27.2 Å². The van der Waals surface area contributed by atoms with E-state index in [0.717, 1.165) is 13.0 Å². The van der Waals surface area contributed by atoms with Crippen LogP contribution in [0.3, 0.4) is 0 Å². The molecule has 0 radical (unpaired) electrons. The Morgan fingerprint density at radius 2 is 2.10 bits per heavy atom. The van der Waals surface area contributed by atoms with Gasteiger partial charge in [0.15, 0.2) is 0 Å². The number of nitrogens with one attached hydrogen (secondary N) is 1. The average Bonchev–Trinajstić information content (AvgIpc) is 1.80. The first-order valence-corrected chi connectivity index (χ1v) is 8.08. The van der Waals surface area contributed by atoms with Gasteiger partial charge in [-0.1, -0.05) is 0 Å². The fraction of sp³-hybridized carbons (Fsp3) is 0.833. The van der Waals surface area contributed by atoms with E-state index >= 15 is 0 Å². The molecule has 0 saturated heterocycles. The van der Waals surface area contributed by atoms with E-state index in [4.69, 9.17) is 5.41 Å². The molecule has 0 saturated carbocycles. The van der Waals surface area contributed by atoms with Crippen LogP contribution in [0, 0.1) is 5.41 Å². The second-order valence-electron chi connectivity index (χ2n) is 2.15. The smallest absolute Gasteiger partial charge is 0.147 e. The van der Waals surface area contributed by atoms with Crippen LogP contribution in [0.1, 0.15) is 6.42 Å². The first-order valence-electron chi connectivity index (χ1n) is 3.00. The molecule has 0 bridgehead atoms. The van der Waals surface area contributed by atoms with Crippen molar-refractivity contribution in [3.63, 3.8) is 0 Å². The summed E-state index contributed by atoms with van der Waals surface area (Å²) < 4.78 is 0. The molecular weight excluding hydrogens is 210 g/mol. The van der Waals surface area contributed by atoms with E-state index in [1.807, 2.05) is 6.01 Å². The summed E-state index contributed by atoms with van der Waals surface area (Å²) in [7, 11) is 0. The molecule has 10 heavy (non-hydrogen) atoms. The zero-order valence-corrected chi connectivity index (χ0v) is 9.12. The molecule has 1 N–H and O–H groups in total. The molecule has 0 atom stereocenters. The van der Waals surface area contributed by atoms with E-state index in [1.54, 1.807) is 0 Å². The monoisotopic (exact) mass is 224 g/mol. The predicted octanol–water partition coefficient (Wildman–Crippen LogP) is 2.31. The van der Waals surface area contributed by atoms with Gasteiger partial charge in [-0.2, -0.15) is 0 Å². The topological polar surface area (TPSA) is 36.2 Å². The van der Waals surface area contributed by atoms with Crippen LogP contribution in [0.15, 0.2) is 4.99 Å². The van der Waals surface area contributed by atoms with E-state index < -0.39 is 14.7 Å². The second-order valence-corrected chi connectivity index (χ2v) is 7.62. The summed E-state index contributed by atoms with van der Waals surface area (Å²) in [5.41, 5.74) is 4.67. The molecule has 0 unspecified atom stereocenters. The van der Waals surface area contributed by atoms with E-state index in [0.29, 0.717) is 0 Å². The van der Waals surface area contributed by atoms with Gasteiger partial charge >= 0.3 is 60.7 Å². The third kappa shape index (κ3) is 11.1. The van der Waals surface area contributed by atoms with Crippen molar-refractivity contribution >= 4 is 33.1 Å². The van der Waals surface area contributed by atoms with E-state index in [1.165, 1.54) is 5.21 Å². The van der Waals surface area contributed by atoms with E-state index in [-0.39, 0.29) is 12.4 Å². The van der Waals surface area contributed by atoms with Crippen LogP contribution in [0.4, 0.5) is 0 Å². The van der Waals surface area contributed by atoms with E-state index in [2.05, 4.69) is 16.4 Å². The molecule has 0 aliphatic heterocycles. The SMILES string of the molecule is C[As](C)CCCN=C=N.Cl. The van der Waals surface area contributed by atoms with Crippen molar-refractivity contribution in [1.29, 1.82) is 5.41 Å². The van der Waals surface area contributed by atoms with Crippen LogP contribution in [-0.2, 0) is 0 Å². The molecule has 0 aromatic rings. The maximum atomic E-state index is 6.48.